The summed E-state index contributed by atoms with van der Waals surface area (Å²) in [5.74, 6) is 0.724. The average Bonchev–Trinajstić information content (AvgIpc) is 2.21. The number of rotatable bonds is 4. The monoisotopic (exact) mass is 268 g/mol. The normalized spacial score (nSPS) is 12.5. The molecule has 0 saturated heterocycles. The van der Waals surface area contributed by atoms with Crippen molar-refractivity contribution in [3.8, 4) is 0 Å². The maximum atomic E-state index is 11.9. The SMILES string of the molecule is CCC(C)CC(=O)c1ccc(Br)c(C)c1. The van der Waals surface area contributed by atoms with E-state index in [4.69, 9.17) is 0 Å². The van der Waals surface area contributed by atoms with E-state index in [0.29, 0.717) is 12.3 Å². The van der Waals surface area contributed by atoms with Crippen LogP contribution in [0.3, 0.4) is 0 Å². The molecular weight excluding hydrogens is 252 g/mol. The van der Waals surface area contributed by atoms with Gasteiger partial charge in [0.1, 0.15) is 0 Å². The highest BCUT2D eigenvalue weighted by atomic mass is 79.9. The zero-order valence-corrected chi connectivity index (χ0v) is 11.1. The van der Waals surface area contributed by atoms with E-state index in [1.165, 1.54) is 0 Å². The van der Waals surface area contributed by atoms with Gasteiger partial charge in [0.2, 0.25) is 0 Å². The van der Waals surface area contributed by atoms with Crippen molar-refractivity contribution in [3.05, 3.63) is 33.8 Å². The molecule has 0 aliphatic rings. The van der Waals surface area contributed by atoms with Crippen LogP contribution in [0.4, 0.5) is 0 Å². The molecule has 1 nitrogen and oxygen atoms in total. The van der Waals surface area contributed by atoms with Gasteiger partial charge in [-0.15, -0.1) is 0 Å². The first-order valence-corrected chi connectivity index (χ1v) is 6.13. The van der Waals surface area contributed by atoms with Crippen molar-refractivity contribution >= 4 is 21.7 Å². The summed E-state index contributed by atoms with van der Waals surface area (Å²) >= 11 is 3.43. The minimum absolute atomic E-state index is 0.250. The van der Waals surface area contributed by atoms with E-state index < -0.39 is 0 Å². The molecule has 0 aliphatic heterocycles. The number of Topliss-reactive ketones (excluding diaryl/α,β-unsaturated/α-hetero) is 1. The van der Waals surface area contributed by atoms with Crippen LogP contribution in [0.1, 0.15) is 42.6 Å². The zero-order chi connectivity index (χ0) is 11.4. The van der Waals surface area contributed by atoms with Crippen molar-refractivity contribution in [2.75, 3.05) is 0 Å². The van der Waals surface area contributed by atoms with Gasteiger partial charge in [-0.05, 0) is 30.5 Å². The summed E-state index contributed by atoms with van der Waals surface area (Å²) in [6.07, 6.45) is 1.71. The van der Waals surface area contributed by atoms with Gasteiger partial charge in [-0.1, -0.05) is 42.3 Å². The molecule has 0 N–H and O–H groups in total. The summed E-state index contributed by atoms with van der Waals surface area (Å²) in [6.45, 7) is 6.23. The molecule has 0 saturated carbocycles. The van der Waals surface area contributed by atoms with Gasteiger partial charge in [0.25, 0.3) is 0 Å². The van der Waals surface area contributed by atoms with E-state index in [-0.39, 0.29) is 5.78 Å². The predicted octanol–water partition coefficient (Wildman–Crippen LogP) is 4.38. The van der Waals surface area contributed by atoms with Crippen LogP contribution >= 0.6 is 15.9 Å². The molecule has 1 atom stereocenters. The van der Waals surface area contributed by atoms with Crippen LogP contribution in [0.15, 0.2) is 22.7 Å². The van der Waals surface area contributed by atoms with E-state index in [1.54, 1.807) is 0 Å². The highest BCUT2D eigenvalue weighted by Gasteiger charge is 2.10. The van der Waals surface area contributed by atoms with Crippen LogP contribution < -0.4 is 0 Å². The van der Waals surface area contributed by atoms with Gasteiger partial charge in [-0.25, -0.2) is 0 Å². The van der Waals surface area contributed by atoms with Gasteiger partial charge >= 0.3 is 0 Å². The van der Waals surface area contributed by atoms with E-state index in [1.807, 2.05) is 25.1 Å². The maximum absolute atomic E-state index is 11.9. The van der Waals surface area contributed by atoms with Gasteiger partial charge in [0.15, 0.2) is 5.78 Å². The summed E-state index contributed by atoms with van der Waals surface area (Å²) in [6, 6.07) is 5.79. The number of hydrogen-bond donors (Lipinski definition) is 0. The molecular formula is C13H17BrO. The molecule has 2 heteroatoms. The number of halogens is 1. The highest BCUT2D eigenvalue weighted by Crippen LogP contribution is 2.19. The number of carbonyl (C=O) groups excluding carboxylic acids is 1. The van der Waals surface area contributed by atoms with E-state index in [0.717, 1.165) is 22.0 Å². The summed E-state index contributed by atoms with van der Waals surface area (Å²) in [4.78, 5) is 11.9. The van der Waals surface area contributed by atoms with Crippen molar-refractivity contribution in [1.82, 2.24) is 0 Å². The second-order valence-electron chi connectivity index (χ2n) is 4.10. The Bertz CT molecular complexity index is 358. The topological polar surface area (TPSA) is 17.1 Å². The molecule has 1 aromatic carbocycles. The zero-order valence-electron chi connectivity index (χ0n) is 9.51. The van der Waals surface area contributed by atoms with Crippen molar-refractivity contribution in [2.45, 2.75) is 33.6 Å². The summed E-state index contributed by atoms with van der Waals surface area (Å²) in [5, 5.41) is 0. The number of ketones is 1. The van der Waals surface area contributed by atoms with Gasteiger partial charge in [-0.3, -0.25) is 4.79 Å². The van der Waals surface area contributed by atoms with Crippen LogP contribution in [0.5, 0.6) is 0 Å². The molecule has 15 heavy (non-hydrogen) atoms. The van der Waals surface area contributed by atoms with Crippen LogP contribution in [-0.4, -0.2) is 5.78 Å². The first-order chi connectivity index (χ1) is 7.04. The summed E-state index contributed by atoms with van der Waals surface area (Å²) in [5.41, 5.74) is 1.95. The maximum Gasteiger partial charge on any atom is 0.163 e. The lowest BCUT2D eigenvalue weighted by atomic mass is 9.97. The Hall–Kier alpha value is -0.630. The standard InChI is InChI=1S/C13H17BrO/c1-4-9(2)7-13(15)11-5-6-12(14)10(3)8-11/h5-6,8-9H,4,7H2,1-3H3. The second kappa shape index (κ2) is 5.45. The van der Waals surface area contributed by atoms with Gasteiger partial charge < -0.3 is 0 Å². The lowest BCUT2D eigenvalue weighted by Crippen LogP contribution is -2.05. The third-order valence-electron chi connectivity index (χ3n) is 2.71. The Labute approximate surface area is 100 Å². The third kappa shape index (κ3) is 3.45. The van der Waals surface area contributed by atoms with E-state index >= 15 is 0 Å². The number of benzene rings is 1. The molecule has 0 bridgehead atoms. The molecule has 0 amide bonds. The Kier molecular flexibility index (Phi) is 4.52. The number of hydrogen-bond acceptors (Lipinski definition) is 1. The summed E-state index contributed by atoms with van der Waals surface area (Å²) in [7, 11) is 0. The number of aryl methyl sites for hydroxylation is 1. The van der Waals surface area contributed by atoms with Crippen LogP contribution in [0.2, 0.25) is 0 Å². The Balaban J connectivity index is 2.78. The van der Waals surface area contributed by atoms with Gasteiger partial charge in [0, 0.05) is 16.5 Å². The molecule has 0 heterocycles. The van der Waals surface area contributed by atoms with Crippen molar-refractivity contribution in [3.63, 3.8) is 0 Å². The molecule has 0 spiro atoms. The molecule has 0 radical (unpaired) electrons. The minimum atomic E-state index is 0.250. The average molecular weight is 269 g/mol. The van der Waals surface area contributed by atoms with Gasteiger partial charge in [-0.2, -0.15) is 0 Å². The van der Waals surface area contributed by atoms with Crippen LogP contribution in [0.25, 0.3) is 0 Å². The Morgan fingerprint density at radius 2 is 2.13 bits per heavy atom. The van der Waals surface area contributed by atoms with Crippen LogP contribution in [0, 0.1) is 12.8 Å². The molecule has 0 aliphatic carbocycles. The molecule has 0 fully saturated rings. The fraction of sp³-hybridized carbons (Fsp3) is 0.462. The third-order valence-corrected chi connectivity index (χ3v) is 3.60. The molecule has 0 aromatic heterocycles. The Morgan fingerprint density at radius 3 is 2.67 bits per heavy atom. The smallest absolute Gasteiger partial charge is 0.163 e. The molecule has 1 aromatic rings. The largest absolute Gasteiger partial charge is 0.294 e. The highest BCUT2D eigenvalue weighted by molar-refractivity contribution is 9.10. The predicted molar refractivity (Wildman–Crippen MR) is 67.3 cm³/mol. The first kappa shape index (κ1) is 12.4. The van der Waals surface area contributed by atoms with Gasteiger partial charge in [0.05, 0.1) is 0 Å². The quantitative estimate of drug-likeness (QED) is 0.741. The first-order valence-electron chi connectivity index (χ1n) is 5.34. The van der Waals surface area contributed by atoms with E-state index in [9.17, 15) is 4.79 Å². The fourth-order valence-corrected chi connectivity index (χ4v) is 1.64. The van der Waals surface area contributed by atoms with Crippen molar-refractivity contribution < 1.29 is 4.79 Å². The van der Waals surface area contributed by atoms with Crippen LogP contribution in [-0.2, 0) is 0 Å². The Morgan fingerprint density at radius 1 is 1.47 bits per heavy atom. The molecule has 1 rings (SSSR count). The number of carbonyl (C=O) groups is 1. The van der Waals surface area contributed by atoms with Crippen molar-refractivity contribution in [1.29, 1.82) is 0 Å². The minimum Gasteiger partial charge on any atom is -0.294 e. The van der Waals surface area contributed by atoms with Crippen molar-refractivity contribution in [2.24, 2.45) is 5.92 Å². The lowest BCUT2D eigenvalue weighted by molar-refractivity contribution is 0.0963. The second-order valence-corrected chi connectivity index (χ2v) is 4.96. The fourth-order valence-electron chi connectivity index (χ4n) is 1.40. The molecule has 1 unspecified atom stereocenters. The molecule has 82 valence electrons. The summed E-state index contributed by atoms with van der Waals surface area (Å²) < 4.78 is 1.06. The van der Waals surface area contributed by atoms with E-state index in [2.05, 4.69) is 29.8 Å². The lowest BCUT2D eigenvalue weighted by Gasteiger charge is -2.08.